The van der Waals surface area contributed by atoms with Crippen molar-refractivity contribution in [2.45, 2.75) is 68.9 Å². The van der Waals surface area contributed by atoms with Gasteiger partial charge in [0.25, 0.3) is 0 Å². The number of aromatic hydroxyl groups is 1. The number of aliphatic hydroxyl groups excluding tert-OH is 1. The Morgan fingerprint density at radius 2 is 1.53 bits per heavy atom. The van der Waals surface area contributed by atoms with Crippen molar-refractivity contribution in [3.05, 3.63) is 144 Å². The van der Waals surface area contributed by atoms with Crippen LogP contribution in [0.1, 0.15) is 66.8 Å². The van der Waals surface area contributed by atoms with Gasteiger partial charge in [0.1, 0.15) is 5.75 Å². The monoisotopic (exact) mass is 799 g/mol. The molecule has 298 valence electrons. The van der Waals surface area contributed by atoms with Gasteiger partial charge in [-0.15, -0.1) is 5.10 Å². The molecule has 13 nitrogen and oxygen atoms in total. The Balaban J connectivity index is 0.972. The summed E-state index contributed by atoms with van der Waals surface area (Å²) in [5.74, 6) is 0.509. The van der Waals surface area contributed by atoms with Crippen molar-refractivity contribution in [3.63, 3.8) is 0 Å². The number of unbranched alkanes of at least 4 members (excludes halogenated alkanes) is 1. The first-order valence-electron chi connectivity index (χ1n) is 19.1. The van der Waals surface area contributed by atoms with Crippen LogP contribution in [0.2, 0.25) is 0 Å². The lowest BCUT2D eigenvalue weighted by molar-refractivity contribution is -0.245. The van der Waals surface area contributed by atoms with E-state index in [4.69, 9.17) is 15.2 Å². The lowest BCUT2D eigenvalue weighted by Gasteiger charge is -2.36. The summed E-state index contributed by atoms with van der Waals surface area (Å²) in [5, 5.41) is 38.0. The Morgan fingerprint density at radius 3 is 2.29 bits per heavy atom. The van der Waals surface area contributed by atoms with Crippen LogP contribution in [0.15, 0.2) is 126 Å². The van der Waals surface area contributed by atoms with Gasteiger partial charge in [0.05, 0.1) is 35.9 Å². The van der Waals surface area contributed by atoms with E-state index in [-0.39, 0.29) is 36.4 Å². The number of aliphatic hydroxyl groups is 1. The maximum Gasteiger partial charge on any atom is 0.224 e. The van der Waals surface area contributed by atoms with E-state index in [1.807, 2.05) is 84.9 Å². The molecule has 2 amide bonds. The Bertz CT molecular complexity index is 2290. The van der Waals surface area contributed by atoms with Crippen LogP contribution < -0.4 is 16.4 Å². The van der Waals surface area contributed by atoms with Crippen LogP contribution in [0.3, 0.4) is 0 Å². The lowest BCUT2D eigenvalue weighted by atomic mass is 9.97. The smallest absolute Gasteiger partial charge is 0.224 e. The number of carbonyl (C=O) groups is 2. The number of carbonyl (C=O) groups excluding carboxylic acids is 2. The van der Waals surface area contributed by atoms with Crippen LogP contribution in [-0.2, 0) is 32.2 Å². The van der Waals surface area contributed by atoms with Gasteiger partial charge in [-0.25, -0.2) is 0 Å². The molecule has 2 heterocycles. The molecule has 58 heavy (non-hydrogen) atoms. The quantitative estimate of drug-likeness (QED) is 0.0377. The summed E-state index contributed by atoms with van der Waals surface area (Å²) in [4.78, 5) is 25.1. The van der Waals surface area contributed by atoms with Gasteiger partial charge in [-0.2, -0.15) is 4.68 Å². The SMILES string of the molecule is Nc1ccccc1NC(=O)CCCCC(=O)NCc1ccccc1-c1ccc([C@H]2O[C@@H](CSc3nnnn3-c3ccc(O)cc3)C[C@@H](c3ccc(CO)cc3)O2)cc1. The molecule has 6 N–H and O–H groups in total. The molecule has 0 saturated carbocycles. The fourth-order valence-electron chi connectivity index (χ4n) is 6.67. The molecule has 1 aromatic heterocycles. The lowest BCUT2D eigenvalue weighted by Crippen LogP contribution is -2.31. The highest BCUT2D eigenvalue weighted by atomic mass is 32.2. The zero-order valence-electron chi connectivity index (χ0n) is 31.7. The van der Waals surface area contributed by atoms with E-state index in [9.17, 15) is 19.8 Å². The molecule has 14 heteroatoms. The average Bonchev–Trinajstić information content (AvgIpc) is 3.73. The number of hydrogen-bond acceptors (Lipinski definition) is 11. The van der Waals surface area contributed by atoms with Crippen LogP contribution in [0.5, 0.6) is 5.75 Å². The zero-order chi connectivity index (χ0) is 40.3. The summed E-state index contributed by atoms with van der Waals surface area (Å²) in [6.07, 6.45) is 1.26. The number of nitrogens with one attached hydrogen (secondary N) is 2. The molecule has 0 unspecified atom stereocenters. The number of para-hydroxylation sites is 2. The number of anilines is 2. The van der Waals surface area contributed by atoms with Gasteiger partial charge in [-0.05, 0) is 87.5 Å². The second-order valence-electron chi connectivity index (χ2n) is 13.9. The molecule has 5 aromatic carbocycles. The van der Waals surface area contributed by atoms with Crippen molar-refractivity contribution in [2.24, 2.45) is 0 Å². The molecule has 0 radical (unpaired) electrons. The number of tetrazole rings is 1. The number of nitrogen functional groups attached to an aromatic ring is 1. The van der Waals surface area contributed by atoms with Gasteiger partial charge in [0.15, 0.2) is 6.29 Å². The second-order valence-corrected chi connectivity index (χ2v) is 14.9. The molecule has 1 aliphatic heterocycles. The average molecular weight is 800 g/mol. The van der Waals surface area contributed by atoms with Gasteiger partial charge in [-0.1, -0.05) is 96.7 Å². The van der Waals surface area contributed by atoms with E-state index in [2.05, 4.69) is 26.2 Å². The van der Waals surface area contributed by atoms with E-state index in [1.165, 1.54) is 11.8 Å². The Kier molecular flexibility index (Phi) is 13.4. The number of amides is 2. The second kappa shape index (κ2) is 19.4. The molecule has 7 rings (SSSR count). The van der Waals surface area contributed by atoms with Gasteiger partial charge in [0.2, 0.25) is 17.0 Å². The molecular formula is C44H45N7O6S. The topological polar surface area (TPSA) is 187 Å². The third-order valence-electron chi connectivity index (χ3n) is 9.83. The van der Waals surface area contributed by atoms with Crippen molar-refractivity contribution in [1.82, 2.24) is 25.5 Å². The van der Waals surface area contributed by atoms with Crippen molar-refractivity contribution >= 4 is 35.0 Å². The number of benzene rings is 5. The van der Waals surface area contributed by atoms with E-state index in [0.29, 0.717) is 60.9 Å². The Morgan fingerprint density at radius 1 is 0.828 bits per heavy atom. The summed E-state index contributed by atoms with van der Waals surface area (Å²) in [6, 6.07) is 37.6. The van der Waals surface area contributed by atoms with Gasteiger partial charge >= 0.3 is 0 Å². The number of nitrogens with zero attached hydrogens (tertiary/aromatic N) is 4. The number of rotatable bonds is 16. The first kappa shape index (κ1) is 40.1. The van der Waals surface area contributed by atoms with Crippen LogP contribution in [0, 0.1) is 0 Å². The predicted octanol–water partition coefficient (Wildman–Crippen LogP) is 7.26. The van der Waals surface area contributed by atoms with E-state index in [1.54, 1.807) is 41.1 Å². The summed E-state index contributed by atoms with van der Waals surface area (Å²) >= 11 is 1.48. The van der Waals surface area contributed by atoms with Crippen LogP contribution in [-0.4, -0.2) is 54.1 Å². The standard InChI is InChI=1S/C44H45N7O6S/c45-38-9-3-4-10-39(38)47-42(55)12-6-5-11-41(54)46-26-33-7-1-2-8-37(33)30-17-19-32(20-18-30)43-56-36(25-40(57-43)31-15-13-29(27-52)14-16-31)28-58-44-48-49-50-51(44)34-21-23-35(53)24-22-34/h1-4,7-10,13-24,36,40,43,52-53H,5-6,11-12,25-28,45H2,(H,46,54)(H,47,55)/t36-,40+,43+/m1/s1. The largest absolute Gasteiger partial charge is 0.508 e. The Hall–Kier alpha value is -6.06. The molecule has 3 atom stereocenters. The number of thioether (sulfide) groups is 1. The first-order valence-corrected chi connectivity index (χ1v) is 20.1. The fourth-order valence-corrected chi connectivity index (χ4v) is 7.58. The molecule has 0 aliphatic carbocycles. The van der Waals surface area contributed by atoms with E-state index < -0.39 is 6.29 Å². The molecule has 0 bridgehead atoms. The maximum atomic E-state index is 12.8. The third kappa shape index (κ3) is 10.5. The first-order chi connectivity index (χ1) is 28.3. The maximum absolute atomic E-state index is 12.8. The number of aromatic nitrogens is 4. The van der Waals surface area contributed by atoms with E-state index in [0.717, 1.165) is 39.1 Å². The summed E-state index contributed by atoms with van der Waals surface area (Å²) in [5.41, 5.74) is 13.4. The number of phenolic OH excluding ortho intramolecular Hbond substituents is 1. The normalized spacial score (nSPS) is 16.5. The minimum atomic E-state index is -0.652. The van der Waals surface area contributed by atoms with Crippen molar-refractivity contribution in [2.75, 3.05) is 16.8 Å². The summed E-state index contributed by atoms with van der Waals surface area (Å²) < 4.78 is 14.8. The van der Waals surface area contributed by atoms with Crippen LogP contribution >= 0.6 is 11.8 Å². The fraction of sp³-hybridized carbons (Fsp3) is 0.250. The van der Waals surface area contributed by atoms with Crippen molar-refractivity contribution < 1.29 is 29.3 Å². The molecule has 0 spiro atoms. The molecule has 1 fully saturated rings. The summed E-state index contributed by atoms with van der Waals surface area (Å²) in [7, 11) is 0. The van der Waals surface area contributed by atoms with Crippen molar-refractivity contribution in [1.29, 1.82) is 0 Å². The molecule has 6 aromatic rings. The number of nitrogens with two attached hydrogens (primary N) is 1. The highest BCUT2D eigenvalue weighted by Crippen LogP contribution is 2.40. The number of phenols is 1. The van der Waals surface area contributed by atoms with Gasteiger partial charge in [-0.3, -0.25) is 9.59 Å². The predicted molar refractivity (Wildman–Crippen MR) is 222 cm³/mol. The van der Waals surface area contributed by atoms with Crippen molar-refractivity contribution in [3.8, 4) is 22.6 Å². The minimum Gasteiger partial charge on any atom is -0.508 e. The highest BCUT2D eigenvalue weighted by molar-refractivity contribution is 7.99. The number of ether oxygens (including phenoxy) is 2. The van der Waals surface area contributed by atoms with Gasteiger partial charge in [0, 0.05) is 37.1 Å². The molecular weight excluding hydrogens is 755 g/mol. The molecule has 1 saturated heterocycles. The minimum absolute atomic E-state index is 0.0393. The van der Waals surface area contributed by atoms with E-state index >= 15 is 0 Å². The zero-order valence-corrected chi connectivity index (χ0v) is 32.6. The molecule has 1 aliphatic rings. The highest BCUT2D eigenvalue weighted by Gasteiger charge is 2.33. The third-order valence-corrected chi connectivity index (χ3v) is 10.9. The summed E-state index contributed by atoms with van der Waals surface area (Å²) in [6.45, 7) is 0.327. The van der Waals surface area contributed by atoms with Crippen LogP contribution in [0.4, 0.5) is 11.4 Å². The number of hydrogen-bond donors (Lipinski definition) is 5. The Labute approximate surface area is 340 Å². The van der Waals surface area contributed by atoms with Gasteiger partial charge < -0.3 is 36.1 Å². The van der Waals surface area contributed by atoms with Crippen LogP contribution in [0.25, 0.3) is 16.8 Å².